The van der Waals surface area contributed by atoms with Crippen LogP contribution < -0.4 is 22.5 Å². The van der Waals surface area contributed by atoms with Gasteiger partial charge in [-0.05, 0) is 25.9 Å². The van der Waals surface area contributed by atoms with Gasteiger partial charge in [0, 0.05) is 13.1 Å². The zero-order valence-corrected chi connectivity index (χ0v) is 11.0. The summed E-state index contributed by atoms with van der Waals surface area (Å²) < 4.78 is 0. The first-order chi connectivity index (χ1) is 8.52. The zero-order valence-electron chi connectivity index (χ0n) is 11.0. The van der Waals surface area contributed by atoms with E-state index >= 15 is 0 Å². The summed E-state index contributed by atoms with van der Waals surface area (Å²) in [7, 11) is 0. The van der Waals surface area contributed by atoms with Gasteiger partial charge < -0.3 is 27.4 Å². The highest BCUT2D eigenvalue weighted by Crippen LogP contribution is 2.09. The summed E-state index contributed by atoms with van der Waals surface area (Å²) in [6.07, 6.45) is 6.78. The average Bonchev–Trinajstić information content (AvgIpc) is 2.19. The molecule has 0 saturated carbocycles. The van der Waals surface area contributed by atoms with Crippen molar-refractivity contribution < 1.29 is 0 Å². The minimum atomic E-state index is -0.333. The van der Waals surface area contributed by atoms with E-state index in [2.05, 4.69) is 21.7 Å². The van der Waals surface area contributed by atoms with Crippen LogP contribution in [0, 0.1) is 10.8 Å². The molecule has 0 amide bonds. The minimum absolute atomic E-state index is 0.0806. The molecule has 0 atom stereocenters. The monoisotopic (exact) mass is 257 g/mol. The van der Waals surface area contributed by atoms with E-state index in [1.807, 2.05) is 0 Å². The Balaban J connectivity index is 0.000000631. The third-order valence-electron chi connectivity index (χ3n) is 2.69. The van der Waals surface area contributed by atoms with Crippen LogP contribution >= 0.6 is 0 Å². The van der Waals surface area contributed by atoms with Crippen molar-refractivity contribution in [3.8, 4) is 0 Å². The van der Waals surface area contributed by atoms with E-state index < -0.39 is 0 Å². The number of guanidine groups is 2. The first-order valence-electron chi connectivity index (χ1n) is 6.42. The number of likely N-dealkylation sites (tertiary alicyclic amines) is 1. The lowest BCUT2D eigenvalue weighted by Crippen LogP contribution is -2.38. The highest BCUT2D eigenvalue weighted by molar-refractivity contribution is 5.74. The molecule has 1 fully saturated rings. The third-order valence-corrected chi connectivity index (χ3v) is 2.69. The molecule has 0 spiro atoms. The van der Waals surface area contributed by atoms with E-state index in [1.165, 1.54) is 45.2 Å². The maximum absolute atomic E-state index is 7.04. The van der Waals surface area contributed by atoms with Crippen molar-refractivity contribution in [2.24, 2.45) is 17.2 Å². The average molecular weight is 257 g/mol. The number of nitrogens with zero attached hydrogens (tertiary/aromatic N) is 1. The minimum Gasteiger partial charge on any atom is -0.370 e. The summed E-state index contributed by atoms with van der Waals surface area (Å²) in [5.41, 5.74) is 14.2. The van der Waals surface area contributed by atoms with Crippen LogP contribution in [0.5, 0.6) is 0 Å². The molecule has 0 aromatic rings. The lowest BCUT2D eigenvalue weighted by atomic mass is 10.1. The van der Waals surface area contributed by atoms with Crippen LogP contribution in [-0.2, 0) is 0 Å². The fourth-order valence-corrected chi connectivity index (χ4v) is 1.89. The van der Waals surface area contributed by atoms with Gasteiger partial charge in [0.25, 0.3) is 0 Å². The Morgan fingerprint density at radius 1 is 0.944 bits per heavy atom. The van der Waals surface area contributed by atoms with Crippen LogP contribution in [0.15, 0.2) is 0 Å². The Labute approximate surface area is 109 Å². The van der Waals surface area contributed by atoms with Crippen molar-refractivity contribution in [2.45, 2.75) is 32.1 Å². The van der Waals surface area contributed by atoms with Crippen LogP contribution in [0.1, 0.15) is 32.1 Å². The largest absolute Gasteiger partial charge is 0.370 e. The van der Waals surface area contributed by atoms with Gasteiger partial charge in [0.15, 0.2) is 11.9 Å². The van der Waals surface area contributed by atoms with E-state index in [9.17, 15) is 0 Å². The van der Waals surface area contributed by atoms with Crippen molar-refractivity contribution in [2.75, 3.05) is 26.2 Å². The summed E-state index contributed by atoms with van der Waals surface area (Å²) in [6.45, 7) is 4.23. The predicted molar refractivity (Wildman–Crippen MR) is 75.5 cm³/mol. The Morgan fingerprint density at radius 3 is 1.83 bits per heavy atom. The molecule has 7 nitrogen and oxygen atoms in total. The van der Waals surface area contributed by atoms with Crippen molar-refractivity contribution in [1.82, 2.24) is 10.2 Å². The van der Waals surface area contributed by atoms with Gasteiger partial charge in [-0.3, -0.25) is 10.8 Å². The van der Waals surface area contributed by atoms with Crippen LogP contribution in [0.25, 0.3) is 0 Å². The van der Waals surface area contributed by atoms with Crippen LogP contribution in [0.2, 0.25) is 0 Å². The van der Waals surface area contributed by atoms with Gasteiger partial charge in [-0.2, -0.15) is 0 Å². The first-order valence-corrected chi connectivity index (χ1v) is 6.42. The SMILES string of the molecule is N=C(N)N.N=C(N)NCCN1CCCCCCC1. The third kappa shape index (κ3) is 12.6. The standard InChI is InChI=1S/C10H22N4.CH5N3/c11-10(12)13-6-9-14-7-4-2-1-3-5-8-14;2-1(3)4/h1-9H2,(H4,11,12,13);(H5,2,3,4). The fourth-order valence-electron chi connectivity index (χ4n) is 1.89. The highest BCUT2D eigenvalue weighted by Gasteiger charge is 2.06. The molecule has 0 aliphatic carbocycles. The lowest BCUT2D eigenvalue weighted by molar-refractivity contribution is 0.251. The van der Waals surface area contributed by atoms with E-state index in [-0.39, 0.29) is 11.9 Å². The van der Waals surface area contributed by atoms with Gasteiger partial charge in [-0.15, -0.1) is 0 Å². The molecule has 106 valence electrons. The smallest absolute Gasteiger partial charge is 0.185 e. The second-order valence-corrected chi connectivity index (χ2v) is 4.41. The van der Waals surface area contributed by atoms with E-state index in [4.69, 9.17) is 16.6 Å². The summed E-state index contributed by atoms with van der Waals surface area (Å²) in [4.78, 5) is 2.47. The Morgan fingerprint density at radius 2 is 1.39 bits per heavy atom. The normalized spacial score (nSPS) is 16.7. The van der Waals surface area contributed by atoms with Gasteiger partial charge in [0.2, 0.25) is 0 Å². The highest BCUT2D eigenvalue weighted by atomic mass is 15.1. The second-order valence-electron chi connectivity index (χ2n) is 4.41. The molecule has 18 heavy (non-hydrogen) atoms. The second kappa shape index (κ2) is 10.6. The summed E-state index contributed by atoms with van der Waals surface area (Å²) in [5.74, 6) is -0.253. The molecule has 0 radical (unpaired) electrons. The van der Waals surface area contributed by atoms with Gasteiger partial charge in [0.05, 0.1) is 0 Å². The molecule has 9 N–H and O–H groups in total. The van der Waals surface area contributed by atoms with Crippen molar-refractivity contribution >= 4 is 11.9 Å². The lowest BCUT2D eigenvalue weighted by Gasteiger charge is -2.24. The summed E-state index contributed by atoms with van der Waals surface area (Å²) in [6, 6.07) is 0. The fraction of sp³-hybridized carbons (Fsp3) is 0.818. The van der Waals surface area contributed by atoms with E-state index in [0.29, 0.717) is 0 Å². The molecule has 0 aromatic carbocycles. The van der Waals surface area contributed by atoms with Crippen LogP contribution in [-0.4, -0.2) is 43.0 Å². The zero-order chi connectivity index (χ0) is 13.8. The molecule has 1 saturated heterocycles. The first kappa shape index (κ1) is 16.5. The molecule has 0 aromatic heterocycles. The molecule has 1 aliphatic rings. The molecular weight excluding hydrogens is 230 g/mol. The van der Waals surface area contributed by atoms with Gasteiger partial charge in [0.1, 0.15) is 0 Å². The van der Waals surface area contributed by atoms with Gasteiger partial charge in [-0.1, -0.05) is 19.3 Å². The van der Waals surface area contributed by atoms with Crippen molar-refractivity contribution in [3.63, 3.8) is 0 Å². The quantitative estimate of drug-likeness (QED) is 0.301. The number of hydrogen-bond donors (Lipinski definition) is 6. The topological polar surface area (TPSA) is 141 Å². The van der Waals surface area contributed by atoms with Crippen LogP contribution in [0.4, 0.5) is 0 Å². The maximum atomic E-state index is 7.04. The summed E-state index contributed by atoms with van der Waals surface area (Å²) in [5, 5.41) is 15.9. The number of nitrogens with one attached hydrogen (secondary N) is 3. The van der Waals surface area contributed by atoms with E-state index in [0.717, 1.165) is 13.1 Å². The predicted octanol–water partition coefficient (Wildman–Crippen LogP) is -0.426. The molecule has 0 unspecified atom stereocenters. The molecule has 1 heterocycles. The van der Waals surface area contributed by atoms with Gasteiger partial charge >= 0.3 is 0 Å². The number of nitrogens with two attached hydrogens (primary N) is 3. The Bertz CT molecular complexity index is 230. The Kier molecular flexibility index (Phi) is 9.75. The van der Waals surface area contributed by atoms with E-state index in [1.54, 1.807) is 0 Å². The Hall–Kier alpha value is -1.50. The molecule has 7 heteroatoms. The molecule has 1 aliphatic heterocycles. The molecule has 1 rings (SSSR count). The molecule has 0 bridgehead atoms. The molecular formula is C11H27N7. The van der Waals surface area contributed by atoms with Crippen molar-refractivity contribution in [3.05, 3.63) is 0 Å². The number of rotatable bonds is 3. The summed E-state index contributed by atoms with van der Waals surface area (Å²) >= 11 is 0. The van der Waals surface area contributed by atoms with Crippen molar-refractivity contribution in [1.29, 1.82) is 10.8 Å². The number of hydrogen-bond acceptors (Lipinski definition) is 3. The maximum Gasteiger partial charge on any atom is 0.185 e. The van der Waals surface area contributed by atoms with Gasteiger partial charge in [-0.25, -0.2) is 0 Å². The van der Waals surface area contributed by atoms with Crippen LogP contribution in [0.3, 0.4) is 0 Å².